The molecule has 0 aromatic rings. The van der Waals surface area contributed by atoms with Crippen LogP contribution in [0.1, 0.15) is 27.7 Å². The van der Waals surface area contributed by atoms with Crippen molar-refractivity contribution in [3.63, 3.8) is 0 Å². The number of ether oxygens (including phenoxy) is 3. The molecule has 1 aliphatic heterocycles. The highest BCUT2D eigenvalue weighted by atomic mass is 16.6. The van der Waals surface area contributed by atoms with Gasteiger partial charge < -0.3 is 14.2 Å². The van der Waals surface area contributed by atoms with E-state index in [4.69, 9.17) is 14.2 Å². The Labute approximate surface area is 119 Å². The second-order valence-electron chi connectivity index (χ2n) is 5.43. The Morgan fingerprint density at radius 2 is 2.10 bits per heavy atom. The van der Waals surface area contributed by atoms with E-state index in [-0.39, 0.29) is 6.04 Å². The van der Waals surface area contributed by atoms with Gasteiger partial charge in [0.25, 0.3) is 0 Å². The first-order valence-corrected chi connectivity index (χ1v) is 6.76. The Morgan fingerprint density at radius 1 is 1.40 bits per heavy atom. The SMILES string of the molecule is CCOC(=O)/C=C/[C@H]1COCCN1C(=O)OC(C)(C)C. The Balaban J connectivity index is 2.67. The van der Waals surface area contributed by atoms with Gasteiger partial charge in [0.15, 0.2) is 0 Å². The largest absolute Gasteiger partial charge is 0.463 e. The zero-order valence-electron chi connectivity index (χ0n) is 12.5. The van der Waals surface area contributed by atoms with Crippen molar-refractivity contribution in [2.45, 2.75) is 39.3 Å². The van der Waals surface area contributed by atoms with Gasteiger partial charge in [-0.25, -0.2) is 9.59 Å². The Hall–Kier alpha value is -1.56. The fourth-order valence-corrected chi connectivity index (χ4v) is 1.71. The first-order chi connectivity index (χ1) is 9.33. The molecule has 1 aliphatic rings. The first kappa shape index (κ1) is 16.5. The number of nitrogens with zero attached hydrogens (tertiary/aromatic N) is 1. The van der Waals surface area contributed by atoms with E-state index in [0.29, 0.717) is 26.4 Å². The molecule has 1 amide bonds. The molecule has 0 spiro atoms. The highest BCUT2D eigenvalue weighted by Gasteiger charge is 2.29. The lowest BCUT2D eigenvalue weighted by Crippen LogP contribution is -2.49. The third-order valence-corrected chi connectivity index (χ3v) is 2.53. The fourth-order valence-electron chi connectivity index (χ4n) is 1.71. The summed E-state index contributed by atoms with van der Waals surface area (Å²) in [4.78, 5) is 25.0. The van der Waals surface area contributed by atoms with Gasteiger partial charge in [0.05, 0.1) is 25.9 Å². The van der Waals surface area contributed by atoms with Gasteiger partial charge in [-0.3, -0.25) is 4.90 Å². The smallest absolute Gasteiger partial charge is 0.410 e. The van der Waals surface area contributed by atoms with E-state index < -0.39 is 17.7 Å². The number of esters is 1. The molecule has 1 rings (SSSR count). The molecule has 1 heterocycles. The average Bonchev–Trinajstić information content (AvgIpc) is 2.35. The molecule has 0 aliphatic carbocycles. The van der Waals surface area contributed by atoms with Crippen molar-refractivity contribution in [1.29, 1.82) is 0 Å². The number of hydrogen-bond acceptors (Lipinski definition) is 5. The van der Waals surface area contributed by atoms with Crippen LogP contribution in [0.5, 0.6) is 0 Å². The van der Waals surface area contributed by atoms with E-state index >= 15 is 0 Å². The van der Waals surface area contributed by atoms with Crippen LogP contribution < -0.4 is 0 Å². The minimum atomic E-state index is -0.551. The highest BCUT2D eigenvalue weighted by Crippen LogP contribution is 2.15. The van der Waals surface area contributed by atoms with Crippen LogP contribution in [0.2, 0.25) is 0 Å². The van der Waals surface area contributed by atoms with E-state index in [1.165, 1.54) is 6.08 Å². The van der Waals surface area contributed by atoms with Crippen LogP contribution in [0.4, 0.5) is 4.79 Å². The van der Waals surface area contributed by atoms with E-state index in [0.717, 1.165) is 0 Å². The molecule has 0 aromatic carbocycles. The number of amides is 1. The van der Waals surface area contributed by atoms with E-state index in [9.17, 15) is 9.59 Å². The van der Waals surface area contributed by atoms with Crippen LogP contribution in [-0.2, 0) is 19.0 Å². The monoisotopic (exact) mass is 285 g/mol. The van der Waals surface area contributed by atoms with Crippen molar-refractivity contribution in [2.24, 2.45) is 0 Å². The normalized spacial score (nSPS) is 20.0. The van der Waals surface area contributed by atoms with Crippen LogP contribution in [0.15, 0.2) is 12.2 Å². The fraction of sp³-hybridized carbons (Fsp3) is 0.714. The molecule has 0 N–H and O–H groups in total. The second-order valence-corrected chi connectivity index (χ2v) is 5.43. The average molecular weight is 285 g/mol. The Kier molecular flexibility index (Phi) is 6.01. The van der Waals surface area contributed by atoms with Crippen molar-refractivity contribution < 1.29 is 23.8 Å². The van der Waals surface area contributed by atoms with Crippen LogP contribution >= 0.6 is 0 Å². The van der Waals surface area contributed by atoms with Crippen molar-refractivity contribution in [2.75, 3.05) is 26.4 Å². The van der Waals surface area contributed by atoms with Crippen molar-refractivity contribution >= 4 is 12.1 Å². The van der Waals surface area contributed by atoms with Crippen molar-refractivity contribution in [3.05, 3.63) is 12.2 Å². The predicted octanol–water partition coefficient (Wildman–Crippen LogP) is 1.74. The molecule has 0 bridgehead atoms. The molecule has 20 heavy (non-hydrogen) atoms. The topological polar surface area (TPSA) is 65.1 Å². The lowest BCUT2D eigenvalue weighted by molar-refractivity contribution is -0.137. The van der Waals surface area contributed by atoms with Gasteiger partial charge in [-0.1, -0.05) is 6.08 Å². The van der Waals surface area contributed by atoms with Crippen molar-refractivity contribution in [1.82, 2.24) is 4.90 Å². The number of carbonyl (C=O) groups is 2. The quantitative estimate of drug-likeness (QED) is 0.584. The van der Waals surface area contributed by atoms with Gasteiger partial charge in [0.2, 0.25) is 0 Å². The number of rotatable bonds is 3. The predicted molar refractivity (Wildman–Crippen MR) is 73.3 cm³/mol. The Morgan fingerprint density at radius 3 is 2.70 bits per heavy atom. The molecule has 6 heteroatoms. The highest BCUT2D eigenvalue weighted by molar-refractivity contribution is 5.82. The molecule has 114 valence electrons. The van der Waals surface area contributed by atoms with Crippen molar-refractivity contribution in [3.8, 4) is 0 Å². The summed E-state index contributed by atoms with van der Waals surface area (Å²) < 4.78 is 15.5. The Bertz CT molecular complexity index is 372. The maximum absolute atomic E-state index is 12.1. The lowest BCUT2D eigenvalue weighted by atomic mass is 10.2. The molecule has 0 saturated carbocycles. The molecule has 0 aromatic heterocycles. The standard InChI is InChI=1S/C14H23NO5/c1-5-19-12(16)7-6-11-10-18-9-8-15(11)13(17)20-14(2,3)4/h6-7,11H,5,8-10H2,1-4H3/b7-6+/t11-/m0/s1. The minimum Gasteiger partial charge on any atom is -0.463 e. The van der Waals surface area contributed by atoms with Gasteiger partial charge >= 0.3 is 12.1 Å². The van der Waals surface area contributed by atoms with Gasteiger partial charge in [-0.15, -0.1) is 0 Å². The van der Waals surface area contributed by atoms with Gasteiger partial charge in [0.1, 0.15) is 5.60 Å². The molecule has 0 radical (unpaired) electrons. The van der Waals surface area contributed by atoms with Crippen LogP contribution in [-0.4, -0.2) is 55.0 Å². The summed E-state index contributed by atoms with van der Waals surface area (Å²) in [5.41, 5.74) is -0.551. The molecule has 0 unspecified atom stereocenters. The number of hydrogen-bond donors (Lipinski definition) is 0. The number of morpholine rings is 1. The third-order valence-electron chi connectivity index (χ3n) is 2.53. The molecular weight excluding hydrogens is 262 g/mol. The zero-order chi connectivity index (χ0) is 15.2. The molecule has 1 fully saturated rings. The maximum atomic E-state index is 12.1. The maximum Gasteiger partial charge on any atom is 0.410 e. The first-order valence-electron chi connectivity index (χ1n) is 6.76. The van der Waals surface area contributed by atoms with Crippen LogP contribution in [0, 0.1) is 0 Å². The van der Waals surface area contributed by atoms with Gasteiger partial charge in [-0.05, 0) is 27.7 Å². The van der Waals surface area contributed by atoms with E-state index in [1.807, 2.05) is 20.8 Å². The van der Waals surface area contributed by atoms with E-state index in [2.05, 4.69) is 0 Å². The molecule has 1 saturated heterocycles. The van der Waals surface area contributed by atoms with Crippen LogP contribution in [0.3, 0.4) is 0 Å². The zero-order valence-corrected chi connectivity index (χ0v) is 12.5. The summed E-state index contributed by atoms with van der Waals surface area (Å²) in [6.07, 6.45) is 2.53. The second kappa shape index (κ2) is 7.28. The molecular formula is C14H23NO5. The number of carbonyl (C=O) groups excluding carboxylic acids is 2. The van der Waals surface area contributed by atoms with Gasteiger partial charge in [0, 0.05) is 12.6 Å². The summed E-state index contributed by atoms with van der Waals surface area (Å²) in [5.74, 6) is -0.429. The van der Waals surface area contributed by atoms with E-state index in [1.54, 1.807) is 17.9 Å². The molecule has 1 atom stereocenters. The van der Waals surface area contributed by atoms with Gasteiger partial charge in [-0.2, -0.15) is 0 Å². The summed E-state index contributed by atoms with van der Waals surface area (Å²) >= 11 is 0. The van der Waals surface area contributed by atoms with Crippen LogP contribution in [0.25, 0.3) is 0 Å². The third kappa shape index (κ3) is 5.61. The lowest BCUT2D eigenvalue weighted by Gasteiger charge is -2.35. The summed E-state index contributed by atoms with van der Waals surface area (Å²) in [6.45, 7) is 8.74. The summed E-state index contributed by atoms with van der Waals surface area (Å²) in [6, 6.07) is -0.317. The minimum absolute atomic E-state index is 0.317. The summed E-state index contributed by atoms with van der Waals surface area (Å²) in [7, 11) is 0. The summed E-state index contributed by atoms with van der Waals surface area (Å²) in [5, 5.41) is 0. The molecule has 6 nitrogen and oxygen atoms in total.